The lowest BCUT2D eigenvalue weighted by atomic mass is 10.1. The van der Waals surface area contributed by atoms with Crippen molar-refractivity contribution < 1.29 is 13.2 Å². The lowest BCUT2D eigenvalue weighted by Gasteiger charge is -2.23. The fourth-order valence-electron chi connectivity index (χ4n) is 2.51. The SMILES string of the molecule is Cc1cc(N2CC[C@@H](N(C)C)C2)cc(C(F)(F)F)c1. The van der Waals surface area contributed by atoms with Crippen LogP contribution in [0.5, 0.6) is 0 Å². The van der Waals surface area contributed by atoms with Crippen molar-refractivity contribution in [1.82, 2.24) is 4.90 Å². The zero-order valence-corrected chi connectivity index (χ0v) is 11.5. The summed E-state index contributed by atoms with van der Waals surface area (Å²) in [7, 11) is 4.01. The third-order valence-electron chi connectivity index (χ3n) is 3.65. The Morgan fingerprint density at radius 2 is 1.89 bits per heavy atom. The summed E-state index contributed by atoms with van der Waals surface area (Å²) < 4.78 is 38.4. The molecule has 106 valence electrons. The maximum atomic E-state index is 12.8. The van der Waals surface area contributed by atoms with E-state index < -0.39 is 11.7 Å². The minimum atomic E-state index is -4.28. The van der Waals surface area contributed by atoms with Gasteiger partial charge in [-0.25, -0.2) is 0 Å². The summed E-state index contributed by atoms with van der Waals surface area (Å²) in [6.07, 6.45) is -3.29. The van der Waals surface area contributed by atoms with Gasteiger partial charge in [0.05, 0.1) is 5.56 Å². The van der Waals surface area contributed by atoms with Gasteiger partial charge in [-0.05, 0) is 51.2 Å². The molecule has 0 saturated carbocycles. The lowest BCUT2D eigenvalue weighted by molar-refractivity contribution is -0.137. The number of alkyl halides is 3. The van der Waals surface area contributed by atoms with Gasteiger partial charge in [0.25, 0.3) is 0 Å². The van der Waals surface area contributed by atoms with Gasteiger partial charge in [0, 0.05) is 24.8 Å². The van der Waals surface area contributed by atoms with Crippen LogP contribution in [0.4, 0.5) is 18.9 Å². The summed E-state index contributed by atoms with van der Waals surface area (Å²) >= 11 is 0. The van der Waals surface area contributed by atoms with Crippen LogP contribution >= 0.6 is 0 Å². The molecule has 1 aromatic carbocycles. The number of benzene rings is 1. The number of rotatable bonds is 2. The Balaban J connectivity index is 2.24. The van der Waals surface area contributed by atoms with Crippen molar-refractivity contribution >= 4 is 5.69 Å². The second-order valence-electron chi connectivity index (χ2n) is 5.41. The second-order valence-corrected chi connectivity index (χ2v) is 5.41. The zero-order chi connectivity index (χ0) is 14.2. The van der Waals surface area contributed by atoms with E-state index in [1.54, 1.807) is 6.92 Å². The molecule has 0 radical (unpaired) electrons. The normalized spacial score (nSPS) is 20.4. The molecule has 19 heavy (non-hydrogen) atoms. The van der Waals surface area contributed by atoms with Crippen molar-refractivity contribution in [2.24, 2.45) is 0 Å². The number of likely N-dealkylation sites (N-methyl/N-ethyl adjacent to an activating group) is 1. The quantitative estimate of drug-likeness (QED) is 0.816. The second kappa shape index (κ2) is 5.04. The summed E-state index contributed by atoms with van der Waals surface area (Å²) in [5.74, 6) is 0. The van der Waals surface area contributed by atoms with Gasteiger partial charge in [0.1, 0.15) is 0 Å². The Morgan fingerprint density at radius 3 is 2.42 bits per heavy atom. The number of nitrogens with zero attached hydrogens (tertiary/aromatic N) is 2. The van der Waals surface area contributed by atoms with E-state index in [-0.39, 0.29) is 0 Å². The number of hydrogen-bond donors (Lipinski definition) is 0. The molecular formula is C14H19F3N2. The fourth-order valence-corrected chi connectivity index (χ4v) is 2.51. The van der Waals surface area contributed by atoms with Crippen LogP contribution in [-0.4, -0.2) is 38.1 Å². The van der Waals surface area contributed by atoms with Crippen molar-refractivity contribution in [3.8, 4) is 0 Å². The summed E-state index contributed by atoms with van der Waals surface area (Å²) in [6.45, 7) is 3.30. The molecule has 2 nitrogen and oxygen atoms in total. The molecule has 5 heteroatoms. The van der Waals surface area contributed by atoms with E-state index in [1.165, 1.54) is 12.1 Å². The van der Waals surface area contributed by atoms with Crippen molar-refractivity contribution in [3.63, 3.8) is 0 Å². The Kier molecular flexibility index (Phi) is 3.76. The standard InChI is InChI=1S/C14H19F3N2/c1-10-6-11(14(15,16)17)8-13(7-10)19-5-4-12(9-19)18(2)3/h6-8,12H,4-5,9H2,1-3H3/t12-/m1/s1. The van der Waals surface area contributed by atoms with Gasteiger partial charge in [-0.1, -0.05) is 0 Å². The van der Waals surface area contributed by atoms with E-state index in [1.807, 2.05) is 25.1 Å². The molecule has 1 aliphatic rings. The maximum Gasteiger partial charge on any atom is 0.416 e. The van der Waals surface area contributed by atoms with Crippen molar-refractivity contribution in [2.45, 2.75) is 25.6 Å². The minimum Gasteiger partial charge on any atom is -0.370 e. The third-order valence-corrected chi connectivity index (χ3v) is 3.65. The van der Waals surface area contributed by atoms with Crippen molar-refractivity contribution in [2.75, 3.05) is 32.1 Å². The van der Waals surface area contributed by atoms with Crippen LogP contribution in [0.25, 0.3) is 0 Å². The van der Waals surface area contributed by atoms with Crippen LogP contribution in [0.15, 0.2) is 18.2 Å². The molecule has 0 N–H and O–H groups in total. The Hall–Kier alpha value is -1.23. The highest BCUT2D eigenvalue weighted by atomic mass is 19.4. The largest absolute Gasteiger partial charge is 0.416 e. The first-order valence-electron chi connectivity index (χ1n) is 6.37. The van der Waals surface area contributed by atoms with E-state index in [0.29, 0.717) is 17.3 Å². The maximum absolute atomic E-state index is 12.8. The predicted molar refractivity (Wildman–Crippen MR) is 70.5 cm³/mol. The average molecular weight is 272 g/mol. The highest BCUT2D eigenvalue weighted by Gasteiger charge is 2.32. The number of hydrogen-bond acceptors (Lipinski definition) is 2. The van der Waals surface area contributed by atoms with E-state index in [0.717, 1.165) is 19.5 Å². The molecule has 1 saturated heterocycles. The van der Waals surface area contributed by atoms with E-state index in [4.69, 9.17) is 0 Å². The van der Waals surface area contributed by atoms with E-state index >= 15 is 0 Å². The monoisotopic (exact) mass is 272 g/mol. The van der Waals surface area contributed by atoms with Crippen LogP contribution in [-0.2, 0) is 6.18 Å². The number of anilines is 1. The summed E-state index contributed by atoms with van der Waals surface area (Å²) in [4.78, 5) is 4.16. The Bertz CT molecular complexity index is 454. The molecule has 1 atom stereocenters. The fraction of sp³-hybridized carbons (Fsp3) is 0.571. The van der Waals surface area contributed by atoms with Gasteiger partial charge in [0.15, 0.2) is 0 Å². The highest BCUT2D eigenvalue weighted by Crippen LogP contribution is 2.33. The first kappa shape index (κ1) is 14.2. The van der Waals surface area contributed by atoms with Gasteiger partial charge in [-0.3, -0.25) is 0 Å². The smallest absolute Gasteiger partial charge is 0.370 e. The minimum absolute atomic E-state index is 0.412. The van der Waals surface area contributed by atoms with Gasteiger partial charge in [0.2, 0.25) is 0 Å². The van der Waals surface area contributed by atoms with Crippen LogP contribution < -0.4 is 4.90 Å². The summed E-state index contributed by atoms with van der Waals surface area (Å²) in [5.41, 5.74) is 0.769. The third kappa shape index (κ3) is 3.21. The number of aryl methyl sites for hydroxylation is 1. The molecule has 0 amide bonds. The molecule has 2 rings (SSSR count). The summed E-state index contributed by atoms with van der Waals surface area (Å²) in [5, 5.41) is 0. The summed E-state index contributed by atoms with van der Waals surface area (Å²) in [6, 6.07) is 4.69. The van der Waals surface area contributed by atoms with E-state index in [9.17, 15) is 13.2 Å². The zero-order valence-electron chi connectivity index (χ0n) is 11.5. The highest BCUT2D eigenvalue weighted by molar-refractivity contribution is 5.52. The van der Waals surface area contributed by atoms with E-state index in [2.05, 4.69) is 4.90 Å². The lowest BCUT2D eigenvalue weighted by Crippen LogP contribution is -2.31. The van der Waals surface area contributed by atoms with Crippen molar-refractivity contribution in [3.05, 3.63) is 29.3 Å². The topological polar surface area (TPSA) is 6.48 Å². The van der Waals surface area contributed by atoms with Gasteiger partial charge < -0.3 is 9.80 Å². The first-order valence-corrected chi connectivity index (χ1v) is 6.37. The molecule has 1 fully saturated rings. The van der Waals surface area contributed by atoms with Crippen LogP contribution in [0.1, 0.15) is 17.5 Å². The van der Waals surface area contributed by atoms with Crippen molar-refractivity contribution in [1.29, 1.82) is 0 Å². The van der Waals surface area contributed by atoms with Gasteiger partial charge in [-0.2, -0.15) is 13.2 Å². The van der Waals surface area contributed by atoms with Crippen LogP contribution in [0.3, 0.4) is 0 Å². The van der Waals surface area contributed by atoms with Gasteiger partial charge in [-0.15, -0.1) is 0 Å². The van der Waals surface area contributed by atoms with Crippen LogP contribution in [0.2, 0.25) is 0 Å². The number of halogens is 3. The Labute approximate surface area is 111 Å². The predicted octanol–water partition coefficient (Wildman–Crippen LogP) is 3.15. The average Bonchev–Trinajstić information content (AvgIpc) is 2.76. The molecule has 0 aliphatic carbocycles. The Morgan fingerprint density at radius 1 is 1.21 bits per heavy atom. The molecule has 0 aromatic heterocycles. The molecule has 0 bridgehead atoms. The molecule has 1 aliphatic heterocycles. The molecule has 1 aromatic rings. The molecular weight excluding hydrogens is 253 g/mol. The molecule has 1 heterocycles. The molecule has 0 spiro atoms. The van der Waals surface area contributed by atoms with Crippen LogP contribution in [0, 0.1) is 6.92 Å². The van der Waals surface area contributed by atoms with Gasteiger partial charge >= 0.3 is 6.18 Å². The first-order chi connectivity index (χ1) is 8.77. The molecule has 0 unspecified atom stereocenters.